The van der Waals surface area contributed by atoms with Gasteiger partial charge < -0.3 is 19.6 Å². The van der Waals surface area contributed by atoms with Crippen LogP contribution in [0.25, 0.3) is 0 Å². The van der Waals surface area contributed by atoms with Gasteiger partial charge in [-0.15, -0.1) is 0 Å². The summed E-state index contributed by atoms with van der Waals surface area (Å²) in [6.45, 7) is 17.5. The van der Waals surface area contributed by atoms with E-state index in [0.29, 0.717) is 11.4 Å². The van der Waals surface area contributed by atoms with E-state index in [-0.39, 0.29) is 11.6 Å². The van der Waals surface area contributed by atoms with Gasteiger partial charge in [-0.2, -0.15) is 0 Å². The number of rotatable bonds is 18. The maximum Gasteiger partial charge on any atom is 0.203 e. The number of hydrogen-bond donors (Lipinski definition) is 2. The molecule has 1 rings (SSSR count). The molecule has 0 aromatic heterocycles. The van der Waals surface area contributed by atoms with E-state index in [0.717, 1.165) is 73.9 Å². The minimum atomic E-state index is -0.104. The van der Waals surface area contributed by atoms with Crippen LogP contribution in [0, 0.1) is 0 Å². The van der Waals surface area contributed by atoms with Gasteiger partial charge in [0, 0.05) is 25.2 Å². The van der Waals surface area contributed by atoms with Gasteiger partial charge in [-0.1, -0.05) is 0 Å². The largest absolute Gasteiger partial charge is 0.382 e. The third-order valence-electron chi connectivity index (χ3n) is 7.52. The summed E-state index contributed by atoms with van der Waals surface area (Å²) in [5, 5.41) is 6.34. The van der Waals surface area contributed by atoms with Crippen LogP contribution in [0.2, 0.25) is 0 Å². The highest BCUT2D eigenvalue weighted by atomic mass is 16.1. The molecule has 0 saturated heterocycles. The van der Waals surface area contributed by atoms with Crippen molar-refractivity contribution in [2.45, 2.75) is 66.2 Å². The molecule has 0 bridgehead atoms. The summed E-state index contributed by atoms with van der Waals surface area (Å²) in [4.78, 5) is 24.8. The van der Waals surface area contributed by atoms with Gasteiger partial charge in [0.05, 0.1) is 64.8 Å². The lowest BCUT2D eigenvalue weighted by molar-refractivity contribution is -0.906. The first-order valence-corrected chi connectivity index (χ1v) is 12.9. The van der Waals surface area contributed by atoms with Crippen molar-refractivity contribution in [1.82, 2.24) is 10.6 Å². The van der Waals surface area contributed by atoms with Crippen molar-refractivity contribution >= 4 is 11.6 Å². The van der Waals surface area contributed by atoms with Crippen LogP contribution in [0.15, 0.2) is 23.5 Å². The number of ketones is 2. The van der Waals surface area contributed by atoms with Gasteiger partial charge in [-0.25, -0.2) is 0 Å². The van der Waals surface area contributed by atoms with Gasteiger partial charge in [-0.05, 0) is 66.2 Å². The predicted octanol–water partition coefficient (Wildman–Crippen LogP) is 3.40. The maximum absolute atomic E-state index is 12.4. The molecule has 0 amide bonds. The van der Waals surface area contributed by atoms with Crippen molar-refractivity contribution in [2.24, 2.45) is 0 Å². The molecule has 0 aromatic rings. The quantitative estimate of drug-likeness (QED) is 0.191. The smallest absolute Gasteiger partial charge is 0.203 e. The number of unbranched alkanes of at least 4 members (excludes halogenated alkanes) is 4. The van der Waals surface area contributed by atoms with Crippen LogP contribution in [-0.2, 0) is 9.59 Å². The summed E-state index contributed by atoms with van der Waals surface area (Å²) in [6.07, 6.45) is 9.57. The molecule has 0 fully saturated rings. The molecule has 0 aliphatic heterocycles. The molecule has 6 nitrogen and oxygen atoms in total. The second kappa shape index (κ2) is 14.5. The van der Waals surface area contributed by atoms with Crippen molar-refractivity contribution in [1.29, 1.82) is 0 Å². The standard InChI is InChI=1S/C26H48N4O2/c1-7-29(5,8-2)19-15-11-13-17-27-23-21-26(32)24(22-25(23)31)28-18-14-12-16-20-30(6,9-3)10-4/h21-22H,7-20H2,1-6H3/p+2. The summed E-state index contributed by atoms with van der Waals surface area (Å²) in [7, 11) is 4.61. The van der Waals surface area contributed by atoms with E-state index in [9.17, 15) is 9.59 Å². The van der Waals surface area contributed by atoms with Crippen LogP contribution in [0.1, 0.15) is 66.2 Å². The van der Waals surface area contributed by atoms with Crippen molar-refractivity contribution < 1.29 is 18.6 Å². The molecule has 0 saturated carbocycles. The van der Waals surface area contributed by atoms with Gasteiger partial charge in [0.25, 0.3) is 0 Å². The van der Waals surface area contributed by atoms with Crippen LogP contribution >= 0.6 is 0 Å². The topological polar surface area (TPSA) is 58.2 Å². The Morgan fingerprint density at radius 3 is 1.25 bits per heavy atom. The highest BCUT2D eigenvalue weighted by Crippen LogP contribution is 2.10. The number of nitrogens with zero attached hydrogens (tertiary/aromatic N) is 2. The van der Waals surface area contributed by atoms with E-state index in [1.807, 2.05) is 0 Å². The minimum absolute atomic E-state index is 0.104. The van der Waals surface area contributed by atoms with Crippen molar-refractivity contribution in [3.8, 4) is 0 Å². The number of carbonyl (C=O) groups is 2. The van der Waals surface area contributed by atoms with Gasteiger partial charge in [-0.3, -0.25) is 9.59 Å². The number of allylic oxidation sites excluding steroid dienone is 2. The molecule has 0 radical (unpaired) electrons. The average molecular weight is 451 g/mol. The summed E-state index contributed by atoms with van der Waals surface area (Å²) in [5.74, 6) is -0.209. The van der Waals surface area contributed by atoms with E-state index in [1.54, 1.807) is 0 Å². The highest BCUT2D eigenvalue weighted by molar-refractivity contribution is 6.19. The fourth-order valence-corrected chi connectivity index (χ4v) is 3.95. The second-order valence-corrected chi connectivity index (χ2v) is 9.77. The second-order valence-electron chi connectivity index (χ2n) is 9.77. The first-order chi connectivity index (χ1) is 15.2. The maximum atomic E-state index is 12.4. The Labute approximate surface area is 197 Å². The van der Waals surface area contributed by atoms with Gasteiger partial charge in [0.15, 0.2) is 0 Å². The molecule has 32 heavy (non-hydrogen) atoms. The zero-order valence-corrected chi connectivity index (χ0v) is 21.8. The van der Waals surface area contributed by atoms with Crippen LogP contribution in [-0.4, -0.2) is 87.0 Å². The zero-order chi connectivity index (χ0) is 24.0. The monoisotopic (exact) mass is 450 g/mol. The normalized spacial score (nSPS) is 14.9. The fraction of sp³-hybridized carbons (Fsp3) is 0.769. The minimum Gasteiger partial charge on any atom is -0.382 e. The van der Waals surface area contributed by atoms with Crippen LogP contribution in [0.4, 0.5) is 0 Å². The fourth-order valence-electron chi connectivity index (χ4n) is 3.95. The highest BCUT2D eigenvalue weighted by Gasteiger charge is 2.20. The first-order valence-electron chi connectivity index (χ1n) is 12.9. The molecule has 0 atom stereocenters. The summed E-state index contributed by atoms with van der Waals surface area (Å²) < 4.78 is 2.23. The third kappa shape index (κ3) is 9.86. The lowest BCUT2D eigenvalue weighted by atomic mass is 10.1. The van der Waals surface area contributed by atoms with Crippen molar-refractivity contribution in [2.75, 3.05) is 66.5 Å². The molecule has 0 unspecified atom stereocenters. The molecular weight excluding hydrogens is 400 g/mol. The van der Waals surface area contributed by atoms with Crippen molar-refractivity contribution in [3.63, 3.8) is 0 Å². The average Bonchev–Trinajstić information content (AvgIpc) is 2.80. The molecule has 0 aromatic carbocycles. The SMILES string of the molecule is CC[N+](C)(CC)CCCCCNC1=CC(=O)C(NCCCCC[N+](C)(CC)CC)=CC1=O. The van der Waals surface area contributed by atoms with Gasteiger partial charge in [0.1, 0.15) is 0 Å². The van der Waals surface area contributed by atoms with E-state index >= 15 is 0 Å². The van der Waals surface area contributed by atoms with Crippen LogP contribution in [0.5, 0.6) is 0 Å². The molecule has 6 heteroatoms. The lowest BCUT2D eigenvalue weighted by Crippen LogP contribution is -2.44. The van der Waals surface area contributed by atoms with Crippen LogP contribution < -0.4 is 10.6 Å². The predicted molar refractivity (Wildman–Crippen MR) is 134 cm³/mol. The third-order valence-corrected chi connectivity index (χ3v) is 7.52. The zero-order valence-electron chi connectivity index (χ0n) is 21.8. The molecule has 184 valence electrons. The van der Waals surface area contributed by atoms with E-state index < -0.39 is 0 Å². The Morgan fingerprint density at radius 2 is 0.938 bits per heavy atom. The van der Waals surface area contributed by atoms with E-state index in [4.69, 9.17) is 0 Å². The Bertz CT molecular complexity index is 590. The number of quaternary nitrogens is 2. The van der Waals surface area contributed by atoms with Gasteiger partial charge in [0.2, 0.25) is 11.6 Å². The van der Waals surface area contributed by atoms with Crippen LogP contribution in [0.3, 0.4) is 0 Å². The molecule has 0 heterocycles. The van der Waals surface area contributed by atoms with E-state index in [1.165, 1.54) is 38.1 Å². The molecule has 2 N–H and O–H groups in total. The Kier molecular flexibility index (Phi) is 12.8. The Balaban J connectivity index is 2.25. The van der Waals surface area contributed by atoms with E-state index in [2.05, 4.69) is 52.4 Å². The summed E-state index contributed by atoms with van der Waals surface area (Å²) in [5.41, 5.74) is 0.860. The number of nitrogens with one attached hydrogen (secondary N) is 2. The number of carbonyl (C=O) groups excluding carboxylic acids is 2. The molecule has 0 spiro atoms. The molecular formula is C26H50N4O2+2. The van der Waals surface area contributed by atoms with Gasteiger partial charge >= 0.3 is 0 Å². The first kappa shape index (κ1) is 28.4. The summed E-state index contributed by atoms with van der Waals surface area (Å²) >= 11 is 0. The van der Waals surface area contributed by atoms with Crippen molar-refractivity contribution in [3.05, 3.63) is 23.5 Å². The molecule has 1 aliphatic rings. The number of hydrogen-bond acceptors (Lipinski definition) is 4. The Morgan fingerprint density at radius 1 is 0.594 bits per heavy atom. The Hall–Kier alpha value is -1.66. The molecule has 1 aliphatic carbocycles. The lowest BCUT2D eigenvalue weighted by Gasteiger charge is -2.32. The summed E-state index contributed by atoms with van der Waals surface area (Å²) in [6, 6.07) is 0.